The molecule has 1 nitrogen and oxygen atoms in total. The first-order valence-electron chi connectivity index (χ1n) is 5.35. The number of ether oxygens (including phenoxy) is 1. The monoisotopic (exact) mass is 344 g/mol. The second-order valence-corrected chi connectivity index (χ2v) is 5.21. The summed E-state index contributed by atoms with van der Waals surface area (Å²) in [5.74, 6) is 0.156. The highest BCUT2D eigenvalue weighted by molar-refractivity contribution is 9.10. The zero-order chi connectivity index (χ0) is 13.6. The smallest absolute Gasteiger partial charge is 0.372 e. The molecule has 1 unspecified atom stereocenters. The summed E-state index contributed by atoms with van der Waals surface area (Å²) in [6, 6.07) is 7.59. The van der Waals surface area contributed by atoms with E-state index in [-0.39, 0.29) is 18.4 Å². The van der Waals surface area contributed by atoms with Crippen molar-refractivity contribution in [2.75, 3.05) is 19.1 Å². The third-order valence-corrected chi connectivity index (χ3v) is 3.24. The van der Waals surface area contributed by atoms with Gasteiger partial charge in [-0.2, -0.15) is 13.2 Å². The first kappa shape index (κ1) is 15.8. The second-order valence-electron chi connectivity index (χ2n) is 3.98. The summed E-state index contributed by atoms with van der Waals surface area (Å²) in [5, 5.41) is 0. The number of hydrogen-bond donors (Lipinski definition) is 0. The van der Waals surface area contributed by atoms with Gasteiger partial charge >= 0.3 is 6.18 Å². The van der Waals surface area contributed by atoms with E-state index in [1.165, 1.54) is 0 Å². The lowest BCUT2D eigenvalue weighted by atomic mass is 10.0. The van der Waals surface area contributed by atoms with E-state index < -0.39 is 12.8 Å². The Labute approximate surface area is 117 Å². The Morgan fingerprint density at radius 1 is 1.22 bits per heavy atom. The quantitative estimate of drug-likeness (QED) is 0.693. The van der Waals surface area contributed by atoms with E-state index in [0.29, 0.717) is 6.42 Å². The van der Waals surface area contributed by atoms with Crippen LogP contribution in [0.5, 0.6) is 0 Å². The number of alkyl halides is 4. The van der Waals surface area contributed by atoms with E-state index in [1.807, 2.05) is 24.3 Å². The van der Waals surface area contributed by atoms with Gasteiger partial charge in [-0.15, -0.1) is 11.6 Å². The van der Waals surface area contributed by atoms with Crippen LogP contribution in [0.4, 0.5) is 13.2 Å². The highest BCUT2D eigenvalue weighted by Crippen LogP contribution is 2.18. The van der Waals surface area contributed by atoms with Crippen molar-refractivity contribution in [1.29, 1.82) is 0 Å². The first-order chi connectivity index (χ1) is 8.40. The SMILES string of the molecule is FC(F)(F)COCC(CCl)Cc1ccc(Br)cc1. The molecular weight excluding hydrogens is 332 g/mol. The molecule has 1 atom stereocenters. The normalized spacial score (nSPS) is 13.6. The number of halogens is 5. The number of rotatable bonds is 6. The average molecular weight is 346 g/mol. The van der Waals surface area contributed by atoms with Crippen molar-refractivity contribution in [3.05, 3.63) is 34.3 Å². The van der Waals surface area contributed by atoms with E-state index in [1.54, 1.807) is 0 Å². The zero-order valence-corrected chi connectivity index (χ0v) is 11.9. The first-order valence-corrected chi connectivity index (χ1v) is 6.68. The number of hydrogen-bond acceptors (Lipinski definition) is 1. The van der Waals surface area contributed by atoms with Crippen molar-refractivity contribution in [3.8, 4) is 0 Å². The van der Waals surface area contributed by atoms with Crippen molar-refractivity contribution in [2.24, 2.45) is 5.92 Å². The van der Waals surface area contributed by atoms with Crippen LogP contribution in [-0.2, 0) is 11.2 Å². The molecular formula is C12H13BrClF3O. The summed E-state index contributed by atoms with van der Waals surface area (Å²) >= 11 is 9.04. The Bertz CT molecular complexity index is 353. The molecule has 1 rings (SSSR count). The van der Waals surface area contributed by atoms with E-state index in [9.17, 15) is 13.2 Å². The van der Waals surface area contributed by atoms with Crippen LogP contribution in [0.3, 0.4) is 0 Å². The molecule has 0 aliphatic carbocycles. The Kier molecular flexibility index (Phi) is 6.46. The largest absolute Gasteiger partial charge is 0.411 e. The van der Waals surface area contributed by atoms with Crippen molar-refractivity contribution < 1.29 is 17.9 Å². The van der Waals surface area contributed by atoms with Crippen molar-refractivity contribution in [2.45, 2.75) is 12.6 Å². The molecule has 0 radical (unpaired) electrons. The van der Waals surface area contributed by atoms with Gasteiger partial charge in [-0.1, -0.05) is 28.1 Å². The van der Waals surface area contributed by atoms with Gasteiger partial charge < -0.3 is 4.74 Å². The fraction of sp³-hybridized carbons (Fsp3) is 0.500. The van der Waals surface area contributed by atoms with E-state index in [2.05, 4.69) is 20.7 Å². The molecule has 0 aliphatic heterocycles. The molecule has 0 saturated carbocycles. The molecule has 102 valence electrons. The Morgan fingerprint density at radius 2 is 1.83 bits per heavy atom. The number of benzene rings is 1. The molecule has 0 N–H and O–H groups in total. The highest BCUT2D eigenvalue weighted by Gasteiger charge is 2.27. The standard InChI is InChI=1S/C12H13BrClF3O/c13-11-3-1-9(2-4-11)5-10(6-14)7-18-8-12(15,16)17/h1-4,10H,5-8H2. The van der Waals surface area contributed by atoms with Crippen LogP contribution in [0.25, 0.3) is 0 Å². The van der Waals surface area contributed by atoms with E-state index in [0.717, 1.165) is 10.0 Å². The molecule has 0 spiro atoms. The van der Waals surface area contributed by atoms with Crippen LogP contribution in [-0.4, -0.2) is 25.3 Å². The maximum absolute atomic E-state index is 11.9. The molecule has 0 amide bonds. The van der Waals surface area contributed by atoms with E-state index >= 15 is 0 Å². The molecule has 18 heavy (non-hydrogen) atoms. The second kappa shape index (κ2) is 7.36. The molecule has 0 bridgehead atoms. The Balaban J connectivity index is 2.40. The van der Waals surface area contributed by atoms with Gasteiger partial charge in [0.05, 0.1) is 6.61 Å². The van der Waals surface area contributed by atoms with Crippen LogP contribution >= 0.6 is 27.5 Å². The minimum Gasteiger partial charge on any atom is -0.372 e. The molecule has 0 heterocycles. The summed E-state index contributed by atoms with van der Waals surface area (Å²) in [7, 11) is 0. The van der Waals surface area contributed by atoms with Crippen molar-refractivity contribution in [3.63, 3.8) is 0 Å². The fourth-order valence-corrected chi connectivity index (χ4v) is 1.92. The molecule has 0 aliphatic rings. The van der Waals surface area contributed by atoms with Crippen LogP contribution in [0.2, 0.25) is 0 Å². The Morgan fingerprint density at radius 3 is 2.33 bits per heavy atom. The summed E-state index contributed by atoms with van der Waals surface area (Å²) in [6.45, 7) is -1.21. The maximum Gasteiger partial charge on any atom is 0.411 e. The van der Waals surface area contributed by atoms with Crippen molar-refractivity contribution in [1.82, 2.24) is 0 Å². The van der Waals surface area contributed by atoms with Gasteiger partial charge in [0.1, 0.15) is 6.61 Å². The molecule has 0 fully saturated rings. The molecule has 0 aromatic heterocycles. The summed E-state index contributed by atoms with van der Waals surface area (Å²) in [4.78, 5) is 0. The van der Waals surface area contributed by atoms with Gasteiger partial charge in [0.2, 0.25) is 0 Å². The van der Waals surface area contributed by atoms with Gasteiger partial charge in [0, 0.05) is 10.4 Å². The Hall–Kier alpha value is -0.260. The van der Waals surface area contributed by atoms with Crippen LogP contribution < -0.4 is 0 Å². The van der Waals surface area contributed by atoms with Gasteiger partial charge in [-0.05, 0) is 30.0 Å². The lowest BCUT2D eigenvalue weighted by Crippen LogP contribution is -2.22. The molecule has 6 heteroatoms. The van der Waals surface area contributed by atoms with Crippen LogP contribution in [0, 0.1) is 5.92 Å². The van der Waals surface area contributed by atoms with Gasteiger partial charge in [0.25, 0.3) is 0 Å². The third-order valence-electron chi connectivity index (χ3n) is 2.28. The van der Waals surface area contributed by atoms with Gasteiger partial charge in [0.15, 0.2) is 0 Å². The lowest BCUT2D eigenvalue weighted by molar-refractivity contribution is -0.176. The molecule has 1 aromatic carbocycles. The van der Waals surface area contributed by atoms with Crippen LogP contribution in [0.1, 0.15) is 5.56 Å². The topological polar surface area (TPSA) is 9.23 Å². The van der Waals surface area contributed by atoms with Gasteiger partial charge in [-0.25, -0.2) is 0 Å². The van der Waals surface area contributed by atoms with E-state index in [4.69, 9.17) is 11.6 Å². The fourth-order valence-electron chi connectivity index (χ4n) is 1.45. The van der Waals surface area contributed by atoms with Gasteiger partial charge in [-0.3, -0.25) is 0 Å². The highest BCUT2D eigenvalue weighted by atomic mass is 79.9. The predicted molar refractivity (Wildman–Crippen MR) is 68.9 cm³/mol. The molecule has 0 saturated heterocycles. The zero-order valence-electron chi connectivity index (χ0n) is 9.51. The van der Waals surface area contributed by atoms with Crippen LogP contribution in [0.15, 0.2) is 28.7 Å². The summed E-state index contributed by atoms with van der Waals surface area (Å²) in [6.07, 6.45) is -3.68. The van der Waals surface area contributed by atoms with Crippen molar-refractivity contribution >= 4 is 27.5 Å². The minimum atomic E-state index is -4.28. The summed E-state index contributed by atoms with van der Waals surface area (Å²) < 4.78 is 41.3. The minimum absolute atomic E-state index is 0.0130. The summed E-state index contributed by atoms with van der Waals surface area (Å²) in [5.41, 5.74) is 1.03. The average Bonchev–Trinajstić information content (AvgIpc) is 2.29. The predicted octanol–water partition coefficient (Wildman–Crippen LogP) is 4.43. The molecule has 1 aromatic rings. The lowest BCUT2D eigenvalue weighted by Gasteiger charge is -2.15. The third kappa shape index (κ3) is 6.61. The maximum atomic E-state index is 11.9.